The molecule has 0 aliphatic carbocycles. The van der Waals surface area contributed by atoms with Crippen molar-refractivity contribution in [2.45, 2.75) is 6.92 Å². The second-order valence-electron chi connectivity index (χ2n) is 3.17. The van der Waals surface area contributed by atoms with E-state index in [1.165, 1.54) is 6.33 Å². The maximum absolute atomic E-state index is 5.66. The topological polar surface area (TPSA) is 35.0 Å². The van der Waals surface area contributed by atoms with Crippen LogP contribution in [0.5, 0.6) is 11.6 Å². The van der Waals surface area contributed by atoms with Crippen LogP contribution in [0.3, 0.4) is 0 Å². The second kappa shape index (κ2) is 5.52. The van der Waals surface area contributed by atoms with Gasteiger partial charge in [0.15, 0.2) is 0 Å². The Morgan fingerprint density at radius 2 is 1.94 bits per heavy atom. The number of hydrogen-bond acceptors (Lipinski definition) is 3. The SMILES string of the molecule is CC#Cc1ncnc(Oc2ccccc2)c1[As]. The fourth-order valence-electron chi connectivity index (χ4n) is 1.25. The Balaban J connectivity index is 2.33. The average molecular weight is 284 g/mol. The molecule has 0 spiro atoms. The number of aromatic nitrogens is 2. The number of benzene rings is 1. The molecule has 4 heteroatoms. The Morgan fingerprint density at radius 3 is 2.65 bits per heavy atom. The van der Waals surface area contributed by atoms with Gasteiger partial charge in [-0.2, -0.15) is 0 Å². The van der Waals surface area contributed by atoms with E-state index >= 15 is 0 Å². The molecule has 0 aliphatic rings. The molecule has 2 aromatic rings. The van der Waals surface area contributed by atoms with E-state index < -0.39 is 0 Å². The summed E-state index contributed by atoms with van der Waals surface area (Å²) in [5.74, 6) is 6.98. The predicted molar refractivity (Wildman–Crippen MR) is 66.5 cm³/mol. The molecule has 3 nitrogen and oxygen atoms in total. The summed E-state index contributed by atoms with van der Waals surface area (Å²) in [6, 6.07) is 9.50. The van der Waals surface area contributed by atoms with Crippen LogP contribution >= 0.6 is 0 Å². The van der Waals surface area contributed by atoms with Gasteiger partial charge in [-0.1, -0.05) is 0 Å². The Hall–Kier alpha value is -1.78. The van der Waals surface area contributed by atoms with Crippen molar-refractivity contribution in [3.8, 4) is 23.5 Å². The van der Waals surface area contributed by atoms with Crippen molar-refractivity contribution in [2.24, 2.45) is 0 Å². The number of rotatable bonds is 2. The predicted octanol–water partition coefficient (Wildman–Crippen LogP) is 1.43. The van der Waals surface area contributed by atoms with E-state index in [0.717, 1.165) is 10.1 Å². The van der Waals surface area contributed by atoms with Crippen LogP contribution < -0.4 is 9.09 Å². The van der Waals surface area contributed by atoms with Crippen molar-refractivity contribution < 1.29 is 4.74 Å². The molecular formula is C13H9AsN2O. The number of para-hydroxylation sites is 1. The van der Waals surface area contributed by atoms with Crippen LogP contribution in [0, 0.1) is 11.8 Å². The van der Waals surface area contributed by atoms with E-state index in [-0.39, 0.29) is 0 Å². The molecule has 0 saturated heterocycles. The zero-order chi connectivity index (χ0) is 12.1. The van der Waals surface area contributed by atoms with Crippen molar-refractivity contribution in [2.75, 3.05) is 0 Å². The van der Waals surface area contributed by atoms with E-state index in [2.05, 4.69) is 38.7 Å². The van der Waals surface area contributed by atoms with Crippen molar-refractivity contribution >= 4 is 21.2 Å². The zero-order valence-corrected chi connectivity index (χ0v) is 11.1. The van der Waals surface area contributed by atoms with Gasteiger partial charge in [-0.25, -0.2) is 0 Å². The molecule has 0 saturated carbocycles. The van der Waals surface area contributed by atoms with E-state index in [1.807, 2.05) is 30.3 Å². The van der Waals surface area contributed by atoms with Crippen molar-refractivity contribution in [3.05, 3.63) is 42.4 Å². The van der Waals surface area contributed by atoms with Crippen LogP contribution in [0.4, 0.5) is 0 Å². The van der Waals surface area contributed by atoms with E-state index in [1.54, 1.807) is 6.92 Å². The fourth-order valence-corrected chi connectivity index (χ4v) is 1.70. The molecule has 0 bridgehead atoms. The summed E-state index contributed by atoms with van der Waals surface area (Å²) in [6.45, 7) is 1.77. The van der Waals surface area contributed by atoms with Crippen LogP contribution in [0.25, 0.3) is 0 Å². The molecule has 0 atom stereocenters. The van der Waals surface area contributed by atoms with Gasteiger partial charge in [0.1, 0.15) is 0 Å². The van der Waals surface area contributed by atoms with Crippen molar-refractivity contribution in [1.29, 1.82) is 0 Å². The molecule has 1 aromatic heterocycles. The molecule has 82 valence electrons. The average Bonchev–Trinajstić information content (AvgIpc) is 2.36. The van der Waals surface area contributed by atoms with Crippen LogP contribution in [0.1, 0.15) is 12.6 Å². The third-order valence-corrected chi connectivity index (χ3v) is 2.84. The van der Waals surface area contributed by atoms with E-state index in [9.17, 15) is 0 Å². The molecule has 0 fully saturated rings. The third-order valence-electron chi connectivity index (χ3n) is 1.99. The molecule has 2 radical (unpaired) electrons. The first kappa shape index (κ1) is 11.7. The Morgan fingerprint density at radius 1 is 1.18 bits per heavy atom. The Labute approximate surface area is 109 Å². The summed E-state index contributed by atoms with van der Waals surface area (Å²) < 4.78 is 6.45. The van der Waals surface area contributed by atoms with E-state index in [4.69, 9.17) is 4.74 Å². The minimum absolute atomic E-state index is 0.518. The molecule has 1 heterocycles. The van der Waals surface area contributed by atoms with Gasteiger partial charge in [-0.3, -0.25) is 0 Å². The van der Waals surface area contributed by atoms with E-state index in [0.29, 0.717) is 11.6 Å². The minimum atomic E-state index is 0.518. The number of nitrogens with zero attached hydrogens (tertiary/aromatic N) is 2. The molecular weight excluding hydrogens is 275 g/mol. The van der Waals surface area contributed by atoms with Crippen LogP contribution in [0.2, 0.25) is 0 Å². The monoisotopic (exact) mass is 284 g/mol. The number of ether oxygens (including phenoxy) is 1. The van der Waals surface area contributed by atoms with Gasteiger partial charge in [-0.15, -0.1) is 0 Å². The first-order chi connectivity index (χ1) is 8.31. The van der Waals surface area contributed by atoms with Crippen LogP contribution in [0.15, 0.2) is 36.7 Å². The summed E-state index contributed by atoms with van der Waals surface area (Å²) in [5.41, 5.74) is 0.674. The van der Waals surface area contributed by atoms with Crippen molar-refractivity contribution in [3.63, 3.8) is 0 Å². The first-order valence-electron chi connectivity index (χ1n) is 5.01. The Kier molecular flexibility index (Phi) is 3.80. The van der Waals surface area contributed by atoms with Crippen molar-refractivity contribution in [1.82, 2.24) is 9.97 Å². The van der Waals surface area contributed by atoms with Gasteiger partial charge in [-0.05, 0) is 0 Å². The quantitative estimate of drug-likeness (QED) is 0.618. The molecule has 1 aromatic carbocycles. The summed E-state index contributed by atoms with van der Waals surface area (Å²) in [6.07, 6.45) is 1.45. The molecule has 0 aliphatic heterocycles. The summed E-state index contributed by atoms with van der Waals surface area (Å²) in [4.78, 5) is 8.19. The maximum atomic E-state index is 5.66. The van der Waals surface area contributed by atoms with Gasteiger partial charge >= 0.3 is 109 Å². The Bertz CT molecular complexity index is 573. The summed E-state index contributed by atoms with van der Waals surface area (Å²) in [5, 5.41) is 0. The van der Waals surface area contributed by atoms with Gasteiger partial charge in [0, 0.05) is 0 Å². The second-order valence-corrected chi connectivity index (χ2v) is 4.10. The fraction of sp³-hybridized carbons (Fsp3) is 0.0769. The summed E-state index contributed by atoms with van der Waals surface area (Å²) >= 11 is 2.40. The molecule has 2 rings (SSSR count). The van der Waals surface area contributed by atoms with Gasteiger partial charge in [0.25, 0.3) is 0 Å². The first-order valence-corrected chi connectivity index (χ1v) is 5.94. The normalized spacial score (nSPS) is 9.29. The standard InChI is InChI=1S/C13H9AsN2O/c1-2-6-11-12(14)13(16-9-15-11)17-10-7-4-3-5-8-10/h3-5,7-9H,1H3. The summed E-state index contributed by atoms with van der Waals surface area (Å²) in [7, 11) is 0. The van der Waals surface area contributed by atoms with Gasteiger partial charge < -0.3 is 0 Å². The molecule has 0 unspecified atom stereocenters. The zero-order valence-electron chi connectivity index (χ0n) is 9.21. The van der Waals surface area contributed by atoms with Gasteiger partial charge in [0.05, 0.1) is 0 Å². The molecule has 17 heavy (non-hydrogen) atoms. The number of hydrogen-bond donors (Lipinski definition) is 0. The van der Waals surface area contributed by atoms with Gasteiger partial charge in [0.2, 0.25) is 0 Å². The molecule has 0 amide bonds. The molecule has 0 N–H and O–H groups in total. The van der Waals surface area contributed by atoms with Crippen LogP contribution in [-0.2, 0) is 0 Å². The van der Waals surface area contributed by atoms with Crippen LogP contribution in [-0.4, -0.2) is 26.8 Å². The third kappa shape index (κ3) is 2.87.